The number of nitrogens with one attached hydrogen (secondary N) is 2. The molecule has 0 spiro atoms. The number of hydrogen-bond acceptors (Lipinski definition) is 10. The maximum Gasteiger partial charge on any atom is 0.419 e. The summed E-state index contributed by atoms with van der Waals surface area (Å²) < 4.78 is 51.7. The Labute approximate surface area is 249 Å². The number of aliphatic hydroxyl groups is 1. The number of sulfonamides is 1. The summed E-state index contributed by atoms with van der Waals surface area (Å²) in [5, 5.41) is 11.9. The molecule has 0 atom stereocenters. The van der Waals surface area contributed by atoms with Crippen molar-refractivity contribution in [3.8, 4) is 29.1 Å². The molecule has 43 heavy (non-hydrogen) atoms. The molecule has 0 aliphatic heterocycles. The highest BCUT2D eigenvalue weighted by Crippen LogP contribution is 2.41. The van der Waals surface area contributed by atoms with Gasteiger partial charge in [-0.15, -0.1) is 0 Å². The van der Waals surface area contributed by atoms with Crippen LogP contribution >= 0.6 is 0 Å². The Kier molecular flexibility index (Phi) is 9.68. The third-order valence-electron chi connectivity index (χ3n) is 5.89. The fourth-order valence-electron chi connectivity index (χ4n) is 3.74. The number of ether oxygens (including phenoxy) is 4. The van der Waals surface area contributed by atoms with Crippen molar-refractivity contribution in [1.29, 1.82) is 0 Å². The normalized spacial score (nSPS) is 11.4. The second kappa shape index (κ2) is 13.4. The van der Waals surface area contributed by atoms with Gasteiger partial charge in [0.15, 0.2) is 17.3 Å². The molecule has 0 unspecified atom stereocenters. The van der Waals surface area contributed by atoms with Crippen molar-refractivity contribution in [3.63, 3.8) is 0 Å². The first-order valence-electron chi connectivity index (χ1n) is 13.1. The van der Waals surface area contributed by atoms with E-state index in [1.54, 1.807) is 66.7 Å². The van der Waals surface area contributed by atoms with E-state index in [2.05, 4.69) is 20.0 Å². The molecule has 1 amide bonds. The largest absolute Gasteiger partial charge is 0.493 e. The maximum atomic E-state index is 13.5. The Morgan fingerprint density at radius 2 is 1.56 bits per heavy atom. The zero-order valence-corrected chi connectivity index (χ0v) is 24.8. The van der Waals surface area contributed by atoms with E-state index in [4.69, 9.17) is 18.9 Å². The van der Waals surface area contributed by atoms with Crippen LogP contribution in [-0.4, -0.2) is 49.9 Å². The predicted molar refractivity (Wildman–Crippen MR) is 160 cm³/mol. The molecule has 3 N–H and O–H groups in total. The minimum atomic E-state index is -4.25. The molecule has 13 heteroatoms. The minimum absolute atomic E-state index is 0.0514. The van der Waals surface area contributed by atoms with Crippen LogP contribution in [0.3, 0.4) is 0 Å². The summed E-state index contributed by atoms with van der Waals surface area (Å²) in [5.74, 6) is -0.448. The lowest BCUT2D eigenvalue weighted by Gasteiger charge is -2.20. The zero-order valence-electron chi connectivity index (χ0n) is 24.0. The van der Waals surface area contributed by atoms with Crippen molar-refractivity contribution in [2.24, 2.45) is 0 Å². The van der Waals surface area contributed by atoms with Crippen molar-refractivity contribution in [2.75, 3.05) is 30.4 Å². The molecule has 0 radical (unpaired) electrons. The maximum absolute atomic E-state index is 13.5. The zero-order chi connectivity index (χ0) is 31.0. The van der Waals surface area contributed by atoms with Crippen LogP contribution in [0, 0.1) is 0 Å². The number of anilines is 2. The molecule has 1 heterocycles. The second-order valence-electron chi connectivity index (χ2n) is 10.1. The number of aromatic nitrogens is 2. The molecular weight excluding hydrogens is 576 g/mol. The number of rotatable bonds is 11. The molecule has 12 nitrogen and oxygen atoms in total. The first-order chi connectivity index (χ1) is 20.5. The van der Waals surface area contributed by atoms with Crippen LogP contribution in [-0.2, 0) is 15.4 Å². The number of amides is 1. The average Bonchev–Trinajstić information content (AvgIpc) is 2.97. The molecule has 3 aromatic carbocycles. The lowest BCUT2D eigenvalue weighted by Crippen LogP contribution is -2.20. The number of nitrogens with zero attached hydrogens (tertiary/aromatic N) is 2. The Morgan fingerprint density at radius 1 is 0.907 bits per heavy atom. The summed E-state index contributed by atoms with van der Waals surface area (Å²) >= 11 is 0. The van der Waals surface area contributed by atoms with Crippen LogP contribution < -0.4 is 29.0 Å². The number of aliphatic hydroxyl groups excluding tert-OH is 1. The molecule has 0 aliphatic rings. The van der Waals surface area contributed by atoms with E-state index in [1.165, 1.54) is 19.2 Å². The van der Waals surface area contributed by atoms with Gasteiger partial charge in [0.25, 0.3) is 15.9 Å². The Bertz CT molecular complexity index is 1660. The van der Waals surface area contributed by atoms with Crippen LogP contribution in [0.4, 0.5) is 16.3 Å². The third-order valence-corrected chi connectivity index (χ3v) is 7.25. The third kappa shape index (κ3) is 8.11. The number of benzene rings is 3. The summed E-state index contributed by atoms with van der Waals surface area (Å²) in [6, 6.07) is 21.0. The highest BCUT2D eigenvalue weighted by molar-refractivity contribution is 7.92. The van der Waals surface area contributed by atoms with Crippen LogP contribution in [0.15, 0.2) is 83.8 Å². The van der Waals surface area contributed by atoms with Gasteiger partial charge in [-0.1, -0.05) is 63.2 Å². The number of carbonyl (C=O) groups is 1. The van der Waals surface area contributed by atoms with Gasteiger partial charge in [-0.05, 0) is 47.4 Å². The molecule has 0 saturated heterocycles. The first kappa shape index (κ1) is 31.1. The van der Waals surface area contributed by atoms with E-state index in [9.17, 15) is 18.3 Å². The van der Waals surface area contributed by atoms with Crippen molar-refractivity contribution in [3.05, 3.63) is 84.4 Å². The SMILES string of the molecule is COc1ccccc1Oc1c(NS(=O)(=O)c2ccc(C(C)(C)C)cc2)nc(OC(=O)Nc2ccccc2)nc1OCCO. The minimum Gasteiger partial charge on any atom is -0.493 e. The van der Waals surface area contributed by atoms with Crippen LogP contribution in [0.1, 0.15) is 26.3 Å². The van der Waals surface area contributed by atoms with E-state index in [1.807, 2.05) is 20.8 Å². The van der Waals surface area contributed by atoms with Gasteiger partial charge in [0.2, 0.25) is 5.75 Å². The lowest BCUT2D eigenvalue weighted by molar-refractivity contribution is 0.188. The van der Waals surface area contributed by atoms with Gasteiger partial charge in [-0.25, -0.2) is 13.2 Å². The van der Waals surface area contributed by atoms with Gasteiger partial charge in [0.1, 0.15) is 6.61 Å². The highest BCUT2D eigenvalue weighted by atomic mass is 32.2. The summed E-state index contributed by atoms with van der Waals surface area (Å²) in [4.78, 5) is 20.8. The quantitative estimate of drug-likeness (QED) is 0.202. The molecule has 1 aromatic heterocycles. The van der Waals surface area contributed by atoms with Crippen molar-refractivity contribution < 1.29 is 37.3 Å². The molecule has 0 fully saturated rings. The summed E-state index contributed by atoms with van der Waals surface area (Å²) in [6.07, 6.45) is -0.940. The van der Waals surface area contributed by atoms with Gasteiger partial charge in [-0.3, -0.25) is 10.0 Å². The number of methoxy groups -OCH3 is 1. The summed E-state index contributed by atoms with van der Waals surface area (Å²) in [7, 11) is -2.81. The van der Waals surface area contributed by atoms with Gasteiger partial charge in [0.05, 0.1) is 18.6 Å². The van der Waals surface area contributed by atoms with Crippen molar-refractivity contribution in [2.45, 2.75) is 31.1 Å². The molecule has 0 bridgehead atoms. The van der Waals surface area contributed by atoms with Crippen LogP contribution in [0.5, 0.6) is 29.1 Å². The standard InChI is InChI=1S/C30H32N4O8S/c1-30(2,3)20-14-16-22(17-15-20)43(37,38)34-26-25(41-24-13-9-8-12-23(24)39-4)27(40-19-18-35)33-28(32-26)42-29(36)31-21-10-6-5-7-11-21/h5-17,35H,18-19H2,1-4H3,(H,31,36)(H,32,33,34). The number of carbonyl (C=O) groups excluding carboxylic acids is 1. The fraction of sp³-hybridized carbons (Fsp3) is 0.233. The lowest BCUT2D eigenvalue weighted by atomic mass is 9.87. The highest BCUT2D eigenvalue weighted by Gasteiger charge is 2.26. The van der Waals surface area contributed by atoms with Crippen molar-refractivity contribution >= 4 is 27.6 Å². The van der Waals surface area contributed by atoms with Gasteiger partial charge in [-0.2, -0.15) is 9.97 Å². The van der Waals surface area contributed by atoms with E-state index in [0.717, 1.165) is 5.56 Å². The Hall–Kier alpha value is -4.88. The van der Waals surface area contributed by atoms with Gasteiger partial charge >= 0.3 is 12.1 Å². The first-order valence-corrected chi connectivity index (χ1v) is 14.6. The molecule has 0 aliphatic carbocycles. The molecule has 226 valence electrons. The molecule has 0 saturated carbocycles. The van der Waals surface area contributed by atoms with Crippen LogP contribution in [0.25, 0.3) is 0 Å². The van der Waals surface area contributed by atoms with Crippen LogP contribution in [0.2, 0.25) is 0 Å². The molecule has 4 rings (SSSR count). The number of hydrogen-bond donors (Lipinski definition) is 3. The Morgan fingerprint density at radius 3 is 2.19 bits per heavy atom. The second-order valence-corrected chi connectivity index (χ2v) is 11.8. The summed E-state index contributed by atoms with van der Waals surface area (Å²) in [5.41, 5.74) is 1.19. The smallest absolute Gasteiger partial charge is 0.419 e. The summed E-state index contributed by atoms with van der Waals surface area (Å²) in [6.45, 7) is 5.40. The predicted octanol–water partition coefficient (Wildman–Crippen LogP) is 5.36. The molecule has 4 aromatic rings. The molecular formula is C30H32N4O8S. The van der Waals surface area contributed by atoms with E-state index >= 15 is 0 Å². The van der Waals surface area contributed by atoms with E-state index < -0.39 is 34.6 Å². The monoisotopic (exact) mass is 608 g/mol. The number of para-hydroxylation sites is 3. The van der Waals surface area contributed by atoms with Crippen molar-refractivity contribution in [1.82, 2.24) is 9.97 Å². The Balaban J connectivity index is 1.77. The van der Waals surface area contributed by atoms with E-state index in [0.29, 0.717) is 11.4 Å². The topological polar surface area (TPSA) is 158 Å². The average molecular weight is 609 g/mol. The van der Waals surface area contributed by atoms with Gasteiger partial charge < -0.3 is 24.1 Å². The fourth-order valence-corrected chi connectivity index (χ4v) is 4.74. The van der Waals surface area contributed by atoms with Gasteiger partial charge in [0, 0.05) is 5.69 Å². The van der Waals surface area contributed by atoms with E-state index in [-0.39, 0.29) is 34.3 Å².